The number of nitrogens with zero attached hydrogens (tertiary/aromatic N) is 4. The molecule has 2 aromatic heterocycles. The van der Waals surface area contributed by atoms with Gasteiger partial charge in [0.1, 0.15) is 5.82 Å². The molecular formula is C22H28N6. The van der Waals surface area contributed by atoms with Crippen LogP contribution in [0.15, 0.2) is 36.4 Å². The molecule has 0 spiro atoms. The molecule has 0 aliphatic heterocycles. The van der Waals surface area contributed by atoms with Crippen molar-refractivity contribution in [2.75, 3.05) is 11.1 Å². The normalized spacial score (nSPS) is 14.5. The summed E-state index contributed by atoms with van der Waals surface area (Å²) in [6.45, 7) is 2.17. The van der Waals surface area contributed by atoms with Crippen LogP contribution >= 0.6 is 0 Å². The van der Waals surface area contributed by atoms with Gasteiger partial charge in [0.05, 0.1) is 17.1 Å². The van der Waals surface area contributed by atoms with Gasteiger partial charge in [-0.15, -0.1) is 0 Å². The third-order valence-electron chi connectivity index (χ3n) is 5.41. The average Bonchev–Trinajstić information content (AvgIpc) is 3.02. The SMILES string of the molecule is C[C@H](CCc1ccccc1)Nc1cc(-c2c3c(nn2C)CCCC3)nc(N)n1. The molecule has 146 valence electrons. The lowest BCUT2D eigenvalue weighted by atomic mass is 9.95. The van der Waals surface area contributed by atoms with E-state index in [4.69, 9.17) is 10.8 Å². The van der Waals surface area contributed by atoms with Gasteiger partial charge in [0, 0.05) is 24.7 Å². The van der Waals surface area contributed by atoms with Crippen LogP contribution in [0.25, 0.3) is 11.4 Å². The molecule has 3 N–H and O–H groups in total. The number of rotatable bonds is 6. The summed E-state index contributed by atoms with van der Waals surface area (Å²) < 4.78 is 1.94. The summed E-state index contributed by atoms with van der Waals surface area (Å²) >= 11 is 0. The van der Waals surface area contributed by atoms with Crippen LogP contribution in [0.4, 0.5) is 11.8 Å². The van der Waals surface area contributed by atoms with E-state index >= 15 is 0 Å². The zero-order valence-corrected chi connectivity index (χ0v) is 16.7. The predicted molar refractivity (Wildman–Crippen MR) is 113 cm³/mol. The van der Waals surface area contributed by atoms with Crippen LogP contribution < -0.4 is 11.1 Å². The number of anilines is 2. The molecule has 28 heavy (non-hydrogen) atoms. The van der Waals surface area contributed by atoms with Crippen molar-refractivity contribution in [1.29, 1.82) is 0 Å². The molecule has 4 rings (SSSR count). The average molecular weight is 377 g/mol. The molecule has 1 aromatic carbocycles. The van der Waals surface area contributed by atoms with Crippen LogP contribution in [0.5, 0.6) is 0 Å². The van der Waals surface area contributed by atoms with Crippen LogP contribution in [0.3, 0.4) is 0 Å². The van der Waals surface area contributed by atoms with Gasteiger partial charge in [-0.3, -0.25) is 4.68 Å². The van der Waals surface area contributed by atoms with Gasteiger partial charge in [-0.1, -0.05) is 30.3 Å². The van der Waals surface area contributed by atoms with Gasteiger partial charge in [-0.25, -0.2) is 4.98 Å². The molecule has 6 nitrogen and oxygen atoms in total. The molecule has 0 saturated carbocycles. The maximum absolute atomic E-state index is 6.04. The van der Waals surface area contributed by atoms with Crippen LogP contribution in [0.1, 0.15) is 43.0 Å². The first-order valence-electron chi connectivity index (χ1n) is 10.1. The minimum Gasteiger partial charge on any atom is -0.368 e. The zero-order chi connectivity index (χ0) is 19.5. The lowest BCUT2D eigenvalue weighted by Gasteiger charge is -2.16. The molecule has 0 bridgehead atoms. The smallest absolute Gasteiger partial charge is 0.222 e. The number of benzene rings is 1. The highest BCUT2D eigenvalue weighted by Crippen LogP contribution is 2.31. The summed E-state index contributed by atoms with van der Waals surface area (Å²) in [6.07, 6.45) is 6.56. The van der Waals surface area contributed by atoms with Crippen LogP contribution in [-0.4, -0.2) is 25.8 Å². The van der Waals surface area contributed by atoms with E-state index in [0.29, 0.717) is 5.95 Å². The Balaban J connectivity index is 1.52. The number of hydrogen-bond acceptors (Lipinski definition) is 5. The van der Waals surface area contributed by atoms with Crippen molar-refractivity contribution in [2.24, 2.45) is 7.05 Å². The van der Waals surface area contributed by atoms with Crippen molar-refractivity contribution in [3.63, 3.8) is 0 Å². The lowest BCUT2D eigenvalue weighted by molar-refractivity contribution is 0.664. The minimum atomic E-state index is 0.280. The standard InChI is InChI=1S/C22H28N6/c1-15(12-13-16-8-4-3-5-9-16)24-20-14-19(25-22(23)26-20)21-17-10-6-7-11-18(17)27-28(21)2/h3-5,8-9,14-15H,6-7,10-13H2,1-2H3,(H3,23,24,25,26)/t15-/m1/s1. The zero-order valence-electron chi connectivity index (χ0n) is 16.7. The first kappa shape index (κ1) is 18.5. The number of hydrogen-bond donors (Lipinski definition) is 2. The van der Waals surface area contributed by atoms with E-state index in [9.17, 15) is 0 Å². The molecule has 2 heterocycles. The number of nitrogens with one attached hydrogen (secondary N) is 1. The van der Waals surface area contributed by atoms with Crippen molar-refractivity contribution < 1.29 is 0 Å². The van der Waals surface area contributed by atoms with Gasteiger partial charge < -0.3 is 11.1 Å². The maximum Gasteiger partial charge on any atom is 0.222 e. The Kier molecular flexibility index (Phi) is 5.28. The highest BCUT2D eigenvalue weighted by atomic mass is 15.3. The molecule has 1 aliphatic carbocycles. The molecule has 0 amide bonds. The third-order valence-corrected chi connectivity index (χ3v) is 5.41. The summed E-state index contributed by atoms with van der Waals surface area (Å²) in [6, 6.07) is 12.8. The molecule has 1 atom stereocenters. The molecule has 0 radical (unpaired) electrons. The number of nitrogen functional groups attached to an aromatic ring is 1. The predicted octanol–water partition coefficient (Wildman–Crippen LogP) is 3.77. The second kappa shape index (κ2) is 8.00. The second-order valence-corrected chi connectivity index (χ2v) is 7.67. The molecule has 1 aliphatic rings. The summed E-state index contributed by atoms with van der Waals surface area (Å²) in [5, 5.41) is 8.20. The van der Waals surface area contributed by atoms with E-state index in [1.54, 1.807) is 0 Å². The van der Waals surface area contributed by atoms with Crippen LogP contribution in [0, 0.1) is 0 Å². The fraction of sp³-hybridized carbons (Fsp3) is 0.409. The number of aryl methyl sites for hydroxylation is 3. The fourth-order valence-electron chi connectivity index (χ4n) is 4.02. The van der Waals surface area contributed by atoms with Crippen molar-refractivity contribution in [1.82, 2.24) is 19.7 Å². The number of nitrogens with two attached hydrogens (primary N) is 1. The Morgan fingerprint density at radius 1 is 1.14 bits per heavy atom. The van der Waals surface area contributed by atoms with E-state index in [-0.39, 0.29) is 6.04 Å². The topological polar surface area (TPSA) is 81.7 Å². The summed E-state index contributed by atoms with van der Waals surface area (Å²) in [5.74, 6) is 1.06. The van der Waals surface area contributed by atoms with Crippen molar-refractivity contribution in [2.45, 2.75) is 51.5 Å². The van der Waals surface area contributed by atoms with Crippen molar-refractivity contribution >= 4 is 11.8 Å². The largest absolute Gasteiger partial charge is 0.368 e. The Labute approximate surface area is 166 Å². The monoisotopic (exact) mass is 376 g/mol. The van der Waals surface area contributed by atoms with Gasteiger partial charge in [0.2, 0.25) is 5.95 Å². The number of fused-ring (bicyclic) bond motifs is 1. The maximum atomic E-state index is 6.04. The van der Waals surface area contributed by atoms with Crippen molar-refractivity contribution in [3.05, 3.63) is 53.2 Å². The molecule has 6 heteroatoms. The lowest BCUT2D eigenvalue weighted by Crippen LogP contribution is -2.18. The van der Waals surface area contributed by atoms with Crippen LogP contribution in [0.2, 0.25) is 0 Å². The quantitative estimate of drug-likeness (QED) is 0.684. The van der Waals surface area contributed by atoms with E-state index in [1.165, 1.54) is 29.7 Å². The van der Waals surface area contributed by atoms with Crippen molar-refractivity contribution in [3.8, 4) is 11.4 Å². The Morgan fingerprint density at radius 3 is 2.75 bits per heavy atom. The number of aromatic nitrogens is 4. The highest BCUT2D eigenvalue weighted by Gasteiger charge is 2.22. The second-order valence-electron chi connectivity index (χ2n) is 7.67. The van der Waals surface area contributed by atoms with Gasteiger partial charge in [-0.05, 0) is 51.0 Å². The van der Waals surface area contributed by atoms with Crippen LogP contribution in [-0.2, 0) is 26.3 Å². The summed E-state index contributed by atoms with van der Waals surface area (Å²) in [5.41, 5.74) is 11.8. The molecule has 0 fully saturated rings. The van der Waals surface area contributed by atoms with E-state index < -0.39 is 0 Å². The minimum absolute atomic E-state index is 0.280. The molecular weight excluding hydrogens is 348 g/mol. The molecule has 0 unspecified atom stereocenters. The fourth-order valence-corrected chi connectivity index (χ4v) is 4.02. The molecule has 0 saturated heterocycles. The van der Waals surface area contributed by atoms with E-state index in [2.05, 4.69) is 46.5 Å². The first-order chi connectivity index (χ1) is 13.6. The van der Waals surface area contributed by atoms with E-state index in [1.807, 2.05) is 23.9 Å². The Bertz CT molecular complexity index is 947. The summed E-state index contributed by atoms with van der Waals surface area (Å²) in [4.78, 5) is 8.92. The highest BCUT2D eigenvalue weighted by molar-refractivity contribution is 5.65. The first-order valence-corrected chi connectivity index (χ1v) is 10.1. The third kappa shape index (κ3) is 4.01. The van der Waals surface area contributed by atoms with Gasteiger partial charge >= 0.3 is 0 Å². The Morgan fingerprint density at radius 2 is 1.93 bits per heavy atom. The van der Waals surface area contributed by atoms with Gasteiger partial charge in [-0.2, -0.15) is 10.1 Å². The van der Waals surface area contributed by atoms with Gasteiger partial charge in [0.15, 0.2) is 0 Å². The summed E-state index contributed by atoms with van der Waals surface area (Å²) in [7, 11) is 1.99. The Hall–Kier alpha value is -2.89. The van der Waals surface area contributed by atoms with Gasteiger partial charge in [0.25, 0.3) is 0 Å². The molecule has 3 aromatic rings. The van der Waals surface area contributed by atoms with E-state index in [0.717, 1.165) is 42.9 Å².